The molecule has 0 amide bonds. The normalized spacial score (nSPS) is 15.1. The third kappa shape index (κ3) is 2.22. The van der Waals surface area contributed by atoms with Crippen molar-refractivity contribution in [3.8, 4) is 0 Å². The average Bonchev–Trinajstić information content (AvgIpc) is 2.73. The zero-order chi connectivity index (χ0) is 12.4. The first-order chi connectivity index (χ1) is 8.15. The van der Waals surface area contributed by atoms with Gasteiger partial charge in [-0.1, -0.05) is 11.6 Å². The molecule has 0 spiro atoms. The molecule has 0 aromatic carbocycles. The number of H-pyrrole nitrogens is 1. The van der Waals surface area contributed by atoms with Crippen LogP contribution >= 0.6 is 11.6 Å². The Hall–Kier alpha value is -1.28. The summed E-state index contributed by atoms with van der Waals surface area (Å²) in [5.41, 5.74) is 0.557. The van der Waals surface area contributed by atoms with E-state index in [-0.39, 0.29) is 23.9 Å². The highest BCUT2D eigenvalue weighted by molar-refractivity contribution is 6.34. The first-order valence-corrected chi connectivity index (χ1v) is 5.34. The van der Waals surface area contributed by atoms with Crippen LogP contribution in [-0.2, 0) is 0 Å². The minimum absolute atomic E-state index is 0.0486. The van der Waals surface area contributed by atoms with Gasteiger partial charge < -0.3 is 15.3 Å². The highest BCUT2D eigenvalue weighted by Crippen LogP contribution is 2.28. The molecule has 2 aromatic rings. The van der Waals surface area contributed by atoms with Crippen LogP contribution in [0.5, 0.6) is 0 Å². The Morgan fingerprint density at radius 1 is 1.35 bits per heavy atom. The van der Waals surface area contributed by atoms with Crippen LogP contribution in [0.3, 0.4) is 0 Å². The fourth-order valence-corrected chi connectivity index (χ4v) is 1.77. The first kappa shape index (κ1) is 12.2. The van der Waals surface area contributed by atoms with Crippen LogP contribution in [-0.4, -0.2) is 48.2 Å². The van der Waals surface area contributed by atoms with Crippen molar-refractivity contribution in [3.05, 3.63) is 17.2 Å². The van der Waals surface area contributed by atoms with Crippen LogP contribution in [0.4, 0.5) is 0 Å². The minimum Gasteiger partial charge on any atom is -0.396 e. The fraction of sp³-hybridized carbons (Fsp3) is 0.444. The number of hydrogen-bond donors (Lipinski definition) is 4. The number of aliphatic hydroxyl groups excluding tert-OH is 3. The Bertz CT molecular complexity index is 518. The van der Waals surface area contributed by atoms with Crippen molar-refractivity contribution in [1.82, 2.24) is 20.2 Å². The molecular weight excluding hydrogens is 248 g/mol. The standard InChI is InChI=1S/C9H11ClN4O3/c10-8-5-6(7(17)4(16)1-2-15)13-14-9(5)12-3-11-8/h3-4,7,15-17H,1-2H2,(H,11,12,13,14). The predicted molar refractivity (Wildman–Crippen MR) is 59.4 cm³/mol. The zero-order valence-electron chi connectivity index (χ0n) is 8.71. The van der Waals surface area contributed by atoms with Crippen LogP contribution < -0.4 is 0 Å². The molecular formula is C9H11ClN4O3. The number of nitrogens with one attached hydrogen (secondary N) is 1. The zero-order valence-corrected chi connectivity index (χ0v) is 9.46. The number of fused-ring (bicyclic) bond motifs is 1. The molecule has 4 N–H and O–H groups in total. The molecule has 2 rings (SSSR count). The third-order valence-corrected chi connectivity index (χ3v) is 2.70. The minimum atomic E-state index is -1.23. The van der Waals surface area contributed by atoms with Gasteiger partial charge in [-0.25, -0.2) is 9.97 Å². The van der Waals surface area contributed by atoms with Crippen molar-refractivity contribution >= 4 is 22.6 Å². The summed E-state index contributed by atoms with van der Waals surface area (Å²) in [7, 11) is 0. The topological polar surface area (TPSA) is 115 Å². The monoisotopic (exact) mass is 258 g/mol. The lowest BCUT2D eigenvalue weighted by Crippen LogP contribution is -2.20. The van der Waals surface area contributed by atoms with Crippen LogP contribution in [0.1, 0.15) is 18.2 Å². The predicted octanol–water partition coefficient (Wildman–Crippen LogP) is -0.217. The number of halogens is 1. The van der Waals surface area contributed by atoms with E-state index in [9.17, 15) is 10.2 Å². The maximum atomic E-state index is 9.88. The lowest BCUT2D eigenvalue weighted by molar-refractivity contribution is 0.00264. The van der Waals surface area contributed by atoms with Gasteiger partial charge in [-0.05, 0) is 6.42 Å². The van der Waals surface area contributed by atoms with Crippen LogP contribution in [0.25, 0.3) is 11.0 Å². The van der Waals surface area contributed by atoms with Gasteiger partial charge in [-0.15, -0.1) is 0 Å². The van der Waals surface area contributed by atoms with E-state index in [1.807, 2.05) is 0 Å². The Labute approximate surface area is 101 Å². The molecule has 2 heterocycles. The van der Waals surface area contributed by atoms with Crippen molar-refractivity contribution in [2.75, 3.05) is 6.61 Å². The summed E-state index contributed by atoms with van der Waals surface area (Å²) >= 11 is 5.88. The van der Waals surface area contributed by atoms with Crippen LogP contribution in [0.15, 0.2) is 6.33 Å². The van der Waals surface area contributed by atoms with Gasteiger partial charge in [0.2, 0.25) is 0 Å². The largest absolute Gasteiger partial charge is 0.396 e. The highest BCUT2D eigenvalue weighted by Gasteiger charge is 2.24. The number of hydrogen-bond acceptors (Lipinski definition) is 6. The fourth-order valence-electron chi connectivity index (χ4n) is 1.54. The summed E-state index contributed by atoms with van der Waals surface area (Å²) in [6.45, 7) is -0.228. The molecule has 0 aliphatic heterocycles. The summed E-state index contributed by atoms with van der Waals surface area (Å²) in [6.07, 6.45) is -1.03. The van der Waals surface area contributed by atoms with E-state index in [0.29, 0.717) is 11.0 Å². The summed E-state index contributed by atoms with van der Waals surface area (Å²) < 4.78 is 0. The average molecular weight is 259 g/mol. The summed E-state index contributed by atoms with van der Waals surface area (Å²) in [5.74, 6) is 0. The van der Waals surface area contributed by atoms with Crippen molar-refractivity contribution < 1.29 is 15.3 Å². The molecule has 92 valence electrons. The number of aromatic amines is 1. The molecule has 0 saturated carbocycles. The van der Waals surface area contributed by atoms with Gasteiger partial charge in [0.15, 0.2) is 5.65 Å². The SMILES string of the molecule is OCCC(O)C(O)c1[nH]nc2ncnc(Cl)c12. The lowest BCUT2D eigenvalue weighted by Gasteiger charge is -2.15. The Kier molecular flexibility index (Phi) is 3.53. The molecule has 0 saturated heterocycles. The highest BCUT2D eigenvalue weighted by atomic mass is 35.5. The third-order valence-electron chi connectivity index (χ3n) is 2.42. The van der Waals surface area contributed by atoms with Gasteiger partial charge in [0.05, 0.1) is 17.2 Å². The summed E-state index contributed by atoms with van der Waals surface area (Å²) in [5, 5.41) is 35.1. The second-order valence-corrected chi connectivity index (χ2v) is 3.88. The molecule has 2 aromatic heterocycles. The second kappa shape index (κ2) is 4.92. The molecule has 7 nitrogen and oxygen atoms in total. The van der Waals surface area contributed by atoms with Crippen molar-refractivity contribution in [2.24, 2.45) is 0 Å². The smallest absolute Gasteiger partial charge is 0.185 e. The Balaban J connectivity index is 2.42. The van der Waals surface area contributed by atoms with Gasteiger partial charge in [-0.3, -0.25) is 5.10 Å². The van der Waals surface area contributed by atoms with Gasteiger partial charge in [0, 0.05) is 6.61 Å². The van der Waals surface area contributed by atoms with Gasteiger partial charge in [-0.2, -0.15) is 5.10 Å². The van der Waals surface area contributed by atoms with E-state index in [1.165, 1.54) is 6.33 Å². The van der Waals surface area contributed by atoms with Crippen LogP contribution in [0, 0.1) is 0 Å². The number of rotatable bonds is 4. The van der Waals surface area contributed by atoms with Crippen molar-refractivity contribution in [1.29, 1.82) is 0 Å². The van der Waals surface area contributed by atoms with Gasteiger partial charge >= 0.3 is 0 Å². The quantitative estimate of drug-likeness (QED) is 0.564. The molecule has 2 unspecified atom stereocenters. The molecule has 0 aliphatic carbocycles. The molecule has 17 heavy (non-hydrogen) atoms. The lowest BCUT2D eigenvalue weighted by atomic mass is 10.1. The maximum Gasteiger partial charge on any atom is 0.185 e. The van der Waals surface area contributed by atoms with Gasteiger partial charge in [0.25, 0.3) is 0 Å². The molecule has 0 aliphatic rings. The maximum absolute atomic E-state index is 9.88. The number of nitrogens with zero attached hydrogens (tertiary/aromatic N) is 3. The van der Waals surface area contributed by atoms with E-state index in [0.717, 1.165) is 0 Å². The number of aliphatic hydroxyl groups is 3. The molecule has 2 atom stereocenters. The molecule has 0 bridgehead atoms. The Morgan fingerprint density at radius 2 is 2.12 bits per heavy atom. The molecule has 0 fully saturated rings. The summed E-state index contributed by atoms with van der Waals surface area (Å²) in [4.78, 5) is 7.65. The van der Waals surface area contributed by atoms with Crippen molar-refractivity contribution in [3.63, 3.8) is 0 Å². The van der Waals surface area contributed by atoms with E-state index in [1.54, 1.807) is 0 Å². The second-order valence-electron chi connectivity index (χ2n) is 3.52. The van der Waals surface area contributed by atoms with E-state index in [2.05, 4.69) is 20.2 Å². The van der Waals surface area contributed by atoms with E-state index in [4.69, 9.17) is 16.7 Å². The first-order valence-electron chi connectivity index (χ1n) is 4.96. The molecule has 0 radical (unpaired) electrons. The van der Waals surface area contributed by atoms with Gasteiger partial charge in [0.1, 0.15) is 17.6 Å². The van der Waals surface area contributed by atoms with Crippen LogP contribution in [0.2, 0.25) is 5.15 Å². The Morgan fingerprint density at radius 3 is 2.82 bits per heavy atom. The molecule has 8 heteroatoms. The summed E-state index contributed by atoms with van der Waals surface area (Å²) in [6, 6.07) is 0. The van der Waals surface area contributed by atoms with E-state index >= 15 is 0 Å². The number of aromatic nitrogens is 4. The van der Waals surface area contributed by atoms with E-state index < -0.39 is 12.2 Å². The van der Waals surface area contributed by atoms with Crippen molar-refractivity contribution in [2.45, 2.75) is 18.6 Å².